The van der Waals surface area contributed by atoms with Crippen LogP contribution < -0.4 is 11.1 Å². The quantitative estimate of drug-likeness (QED) is 0.196. The molecule has 5 atom stereocenters. The Balaban J connectivity index is 2.89. The van der Waals surface area contributed by atoms with Crippen LogP contribution in [0.1, 0.15) is 72.6 Å². The first-order valence-electron chi connectivity index (χ1n) is 11.9. The molecule has 11 nitrogen and oxygen atoms in total. The average Bonchev–Trinajstić information content (AvgIpc) is 2.74. The Morgan fingerprint density at radius 3 is 1.88 bits per heavy atom. The summed E-state index contributed by atoms with van der Waals surface area (Å²) in [7, 11) is 0. The molecule has 1 amide bonds. The van der Waals surface area contributed by atoms with Crippen molar-refractivity contribution >= 4 is 23.8 Å². The number of carbonyl (C=O) groups is 4. The van der Waals surface area contributed by atoms with E-state index in [1.165, 1.54) is 27.7 Å². The fourth-order valence-electron chi connectivity index (χ4n) is 3.76. The highest BCUT2D eigenvalue weighted by Crippen LogP contribution is 2.28. The van der Waals surface area contributed by atoms with E-state index in [4.69, 9.17) is 29.4 Å². The molecule has 0 aromatic heterocycles. The molecule has 1 rings (SSSR count). The Morgan fingerprint density at radius 1 is 0.794 bits per heavy atom. The molecule has 1 saturated heterocycles. The van der Waals surface area contributed by atoms with Gasteiger partial charge in [-0.15, -0.1) is 0 Å². The molecule has 196 valence electrons. The number of hydrogen-bond donors (Lipinski definition) is 2. The van der Waals surface area contributed by atoms with Gasteiger partial charge in [-0.3, -0.25) is 19.2 Å². The van der Waals surface area contributed by atoms with E-state index in [0.29, 0.717) is 6.61 Å². The molecule has 3 N–H and O–H groups in total. The van der Waals surface area contributed by atoms with Crippen molar-refractivity contribution in [1.82, 2.24) is 5.32 Å². The highest BCUT2D eigenvalue weighted by Gasteiger charge is 2.51. The van der Waals surface area contributed by atoms with Crippen LogP contribution in [0.4, 0.5) is 0 Å². The van der Waals surface area contributed by atoms with Crippen LogP contribution in [-0.2, 0) is 42.9 Å². The summed E-state index contributed by atoms with van der Waals surface area (Å²) < 4.78 is 27.7. The number of esters is 3. The first kappa shape index (κ1) is 29.8. The average molecular weight is 489 g/mol. The number of nitrogens with one attached hydrogen (secondary N) is 1. The number of ether oxygens (including phenoxy) is 5. The lowest BCUT2D eigenvalue weighted by molar-refractivity contribution is -0.277. The largest absolute Gasteiger partial charge is 0.463 e. The maximum absolute atomic E-state index is 11.9. The number of amides is 1. The zero-order valence-corrected chi connectivity index (χ0v) is 20.7. The van der Waals surface area contributed by atoms with Gasteiger partial charge in [-0.25, -0.2) is 0 Å². The fraction of sp³-hybridized carbons (Fsp3) is 0.826. The predicted molar refractivity (Wildman–Crippen MR) is 121 cm³/mol. The zero-order valence-electron chi connectivity index (χ0n) is 20.7. The third-order valence-corrected chi connectivity index (χ3v) is 5.20. The van der Waals surface area contributed by atoms with E-state index in [1.54, 1.807) is 0 Å². The Bertz CT molecular complexity index is 658. The molecule has 0 aromatic rings. The van der Waals surface area contributed by atoms with E-state index >= 15 is 0 Å². The number of rotatable bonds is 15. The van der Waals surface area contributed by atoms with Gasteiger partial charge in [0.05, 0.1) is 0 Å². The van der Waals surface area contributed by atoms with Crippen molar-refractivity contribution in [3.63, 3.8) is 0 Å². The monoisotopic (exact) mass is 488 g/mol. The van der Waals surface area contributed by atoms with Crippen molar-refractivity contribution in [3.8, 4) is 0 Å². The van der Waals surface area contributed by atoms with Gasteiger partial charge in [0.15, 0.2) is 18.5 Å². The van der Waals surface area contributed by atoms with Crippen LogP contribution in [-0.4, -0.2) is 74.2 Å². The van der Waals surface area contributed by atoms with Crippen LogP contribution in [0.2, 0.25) is 0 Å². The van der Waals surface area contributed by atoms with Crippen LogP contribution in [0.3, 0.4) is 0 Å². The summed E-state index contributed by atoms with van der Waals surface area (Å²) in [4.78, 5) is 46.8. The van der Waals surface area contributed by atoms with Crippen molar-refractivity contribution in [3.05, 3.63) is 0 Å². The highest BCUT2D eigenvalue weighted by molar-refractivity contribution is 5.73. The van der Waals surface area contributed by atoms with Gasteiger partial charge in [0, 0.05) is 34.3 Å². The Morgan fingerprint density at radius 2 is 1.35 bits per heavy atom. The van der Waals surface area contributed by atoms with Gasteiger partial charge in [0.1, 0.15) is 18.8 Å². The number of hydrogen-bond acceptors (Lipinski definition) is 10. The number of carbonyl (C=O) groups excluding carboxylic acids is 4. The molecule has 1 fully saturated rings. The number of nitrogens with two attached hydrogens (primary N) is 1. The minimum absolute atomic E-state index is 0.250. The summed E-state index contributed by atoms with van der Waals surface area (Å²) in [5, 5.41) is 2.68. The summed E-state index contributed by atoms with van der Waals surface area (Å²) in [6, 6.07) is -0.935. The minimum Gasteiger partial charge on any atom is -0.463 e. The van der Waals surface area contributed by atoms with E-state index in [9.17, 15) is 19.2 Å². The summed E-state index contributed by atoms with van der Waals surface area (Å²) >= 11 is 0. The lowest BCUT2D eigenvalue weighted by Gasteiger charge is -2.44. The molecule has 0 radical (unpaired) electrons. The minimum atomic E-state index is -1.12. The van der Waals surface area contributed by atoms with Gasteiger partial charge in [-0.1, -0.05) is 32.1 Å². The molecular weight excluding hydrogens is 448 g/mol. The molecule has 11 heteroatoms. The molecular formula is C23H40N2O9. The summed E-state index contributed by atoms with van der Waals surface area (Å²) in [6.45, 7) is 5.75. The molecule has 0 bridgehead atoms. The van der Waals surface area contributed by atoms with Crippen LogP contribution >= 0.6 is 0 Å². The van der Waals surface area contributed by atoms with Gasteiger partial charge < -0.3 is 34.7 Å². The van der Waals surface area contributed by atoms with E-state index in [0.717, 1.165) is 51.5 Å². The SMILES string of the molecule is CC(=O)N[C@H]1[C@H](OCCCCCCCCCN)O[C@H](COC(C)=O)[C@H](OC(C)=O)[C@@H]1OC(C)=O. The highest BCUT2D eigenvalue weighted by atomic mass is 16.7. The standard InChI is InChI=1S/C23H40N2O9/c1-15(26)25-20-22(33-18(4)29)21(32-17(3)28)19(14-31-16(2)27)34-23(20)30-13-11-9-7-5-6-8-10-12-24/h19-23H,5-14,24H2,1-4H3,(H,25,26)/t19-,20-,21+,22-,23-/m1/s1. The van der Waals surface area contributed by atoms with Gasteiger partial charge in [0.25, 0.3) is 0 Å². The van der Waals surface area contributed by atoms with Crippen LogP contribution in [0.5, 0.6) is 0 Å². The first-order valence-corrected chi connectivity index (χ1v) is 11.9. The van der Waals surface area contributed by atoms with Crippen LogP contribution in [0.15, 0.2) is 0 Å². The van der Waals surface area contributed by atoms with Crippen molar-refractivity contribution in [1.29, 1.82) is 0 Å². The fourth-order valence-corrected chi connectivity index (χ4v) is 3.76. The second-order valence-electron chi connectivity index (χ2n) is 8.35. The van der Waals surface area contributed by atoms with Crippen molar-refractivity contribution in [2.24, 2.45) is 5.73 Å². The van der Waals surface area contributed by atoms with Gasteiger partial charge in [-0.05, 0) is 19.4 Å². The maximum atomic E-state index is 11.9. The van der Waals surface area contributed by atoms with Crippen LogP contribution in [0.25, 0.3) is 0 Å². The van der Waals surface area contributed by atoms with E-state index in [1.807, 2.05) is 0 Å². The number of unbranched alkanes of at least 4 members (excludes halogenated alkanes) is 6. The van der Waals surface area contributed by atoms with E-state index in [-0.39, 0.29) is 6.61 Å². The van der Waals surface area contributed by atoms with E-state index in [2.05, 4.69) is 5.32 Å². The molecule has 0 saturated carbocycles. The molecule has 0 aromatic carbocycles. The lowest BCUT2D eigenvalue weighted by atomic mass is 9.96. The second-order valence-corrected chi connectivity index (χ2v) is 8.35. The molecule has 0 spiro atoms. The van der Waals surface area contributed by atoms with Crippen LogP contribution in [0, 0.1) is 0 Å². The maximum Gasteiger partial charge on any atom is 0.303 e. The Kier molecular flexibility index (Phi) is 14.4. The normalized spacial score (nSPS) is 24.2. The molecule has 1 aliphatic rings. The van der Waals surface area contributed by atoms with Crippen molar-refractivity contribution in [2.45, 2.75) is 103 Å². The third-order valence-electron chi connectivity index (χ3n) is 5.20. The molecule has 1 aliphatic heterocycles. The summed E-state index contributed by atoms with van der Waals surface area (Å²) in [5.74, 6) is -2.25. The molecule has 0 aliphatic carbocycles. The van der Waals surface area contributed by atoms with Crippen molar-refractivity contribution in [2.75, 3.05) is 19.8 Å². The second kappa shape index (κ2) is 16.4. The summed E-state index contributed by atoms with van der Waals surface area (Å²) in [5.41, 5.74) is 5.50. The predicted octanol–water partition coefficient (Wildman–Crippen LogP) is 1.35. The molecule has 0 unspecified atom stereocenters. The van der Waals surface area contributed by atoms with Gasteiger partial charge in [0.2, 0.25) is 5.91 Å². The Hall–Kier alpha value is -2.24. The lowest BCUT2D eigenvalue weighted by Crippen LogP contribution is -2.66. The third kappa shape index (κ3) is 11.8. The van der Waals surface area contributed by atoms with E-state index < -0.39 is 54.5 Å². The Labute approximate surface area is 201 Å². The first-order chi connectivity index (χ1) is 16.1. The van der Waals surface area contributed by atoms with Gasteiger partial charge in [-0.2, -0.15) is 0 Å². The topological polar surface area (TPSA) is 152 Å². The smallest absolute Gasteiger partial charge is 0.303 e. The van der Waals surface area contributed by atoms with Crippen molar-refractivity contribution < 1.29 is 42.9 Å². The summed E-state index contributed by atoms with van der Waals surface area (Å²) in [6.07, 6.45) is 3.03. The molecule has 1 heterocycles. The zero-order chi connectivity index (χ0) is 25.5. The molecule has 34 heavy (non-hydrogen) atoms. The van der Waals surface area contributed by atoms with Gasteiger partial charge >= 0.3 is 17.9 Å².